The van der Waals surface area contributed by atoms with Crippen LogP contribution in [0.5, 0.6) is 0 Å². The van der Waals surface area contributed by atoms with Gasteiger partial charge in [0.1, 0.15) is 0 Å². The summed E-state index contributed by atoms with van der Waals surface area (Å²) >= 11 is 9.28. The Bertz CT molecular complexity index is 469. The number of rotatable bonds is 3. The molecule has 1 aromatic carbocycles. The minimum atomic E-state index is -0.649. The zero-order valence-electron chi connectivity index (χ0n) is 10.5. The lowest BCUT2D eigenvalue weighted by atomic mass is 9.89. The number of nitrogens with one attached hydrogen (secondary N) is 1. The predicted octanol–water partition coefficient (Wildman–Crippen LogP) is 4.16. The highest BCUT2D eigenvalue weighted by atomic mass is 79.9. The van der Waals surface area contributed by atoms with E-state index in [2.05, 4.69) is 21.2 Å². The first-order chi connectivity index (χ1) is 9.08. The molecule has 19 heavy (non-hydrogen) atoms. The Balaban J connectivity index is 1.92. The third kappa shape index (κ3) is 3.93. The number of hydrogen-bond donors (Lipinski definition) is 1. The van der Waals surface area contributed by atoms with Crippen molar-refractivity contribution < 1.29 is 9.18 Å². The summed E-state index contributed by atoms with van der Waals surface area (Å²) in [5.74, 6) is -0.579. The van der Waals surface area contributed by atoms with Crippen molar-refractivity contribution in [2.75, 3.05) is 6.54 Å². The molecule has 0 saturated heterocycles. The van der Waals surface area contributed by atoms with Crippen molar-refractivity contribution in [3.8, 4) is 0 Å². The summed E-state index contributed by atoms with van der Waals surface area (Å²) in [6.45, 7) is 0.590. The molecular weight excluding hydrogens is 333 g/mol. The minimum Gasteiger partial charge on any atom is -0.352 e. The largest absolute Gasteiger partial charge is 0.352 e. The van der Waals surface area contributed by atoms with Gasteiger partial charge in [0.25, 0.3) is 5.91 Å². The highest BCUT2D eigenvalue weighted by Crippen LogP contribution is 2.28. The molecule has 0 aliphatic heterocycles. The fourth-order valence-electron chi connectivity index (χ4n) is 2.42. The van der Waals surface area contributed by atoms with E-state index in [1.165, 1.54) is 25.0 Å². The van der Waals surface area contributed by atoms with E-state index in [1.807, 2.05) is 0 Å². The molecule has 1 aliphatic carbocycles. The normalized spacial score (nSPS) is 23.1. The number of carbonyl (C=O) groups excluding carboxylic acids is 1. The first-order valence-electron chi connectivity index (χ1n) is 6.44. The Morgan fingerprint density at radius 1 is 1.47 bits per heavy atom. The summed E-state index contributed by atoms with van der Waals surface area (Å²) in [6.07, 6.45) is 4.52. The van der Waals surface area contributed by atoms with Crippen LogP contribution in [0.15, 0.2) is 18.2 Å². The molecule has 0 spiro atoms. The smallest absolute Gasteiger partial charge is 0.254 e. The van der Waals surface area contributed by atoms with E-state index >= 15 is 0 Å². The van der Waals surface area contributed by atoms with Crippen LogP contribution in [-0.2, 0) is 0 Å². The van der Waals surface area contributed by atoms with E-state index in [-0.39, 0.29) is 10.6 Å². The molecule has 2 atom stereocenters. The molecule has 0 radical (unpaired) electrons. The highest BCUT2D eigenvalue weighted by molar-refractivity contribution is 9.09. The van der Waals surface area contributed by atoms with Crippen LogP contribution in [0.1, 0.15) is 36.0 Å². The maximum atomic E-state index is 13.7. The second-order valence-electron chi connectivity index (χ2n) is 4.94. The Kier molecular flexibility index (Phi) is 5.22. The van der Waals surface area contributed by atoms with Gasteiger partial charge in [0.2, 0.25) is 0 Å². The van der Waals surface area contributed by atoms with Crippen molar-refractivity contribution in [3.63, 3.8) is 0 Å². The number of carbonyl (C=O) groups is 1. The van der Waals surface area contributed by atoms with Crippen LogP contribution in [0.4, 0.5) is 4.39 Å². The van der Waals surface area contributed by atoms with E-state index in [4.69, 9.17) is 11.6 Å². The number of halogens is 3. The zero-order chi connectivity index (χ0) is 13.8. The molecule has 1 amide bonds. The molecule has 2 unspecified atom stereocenters. The molecule has 1 saturated carbocycles. The van der Waals surface area contributed by atoms with Gasteiger partial charge in [-0.25, -0.2) is 4.39 Å². The van der Waals surface area contributed by atoms with Gasteiger partial charge in [-0.05, 0) is 37.3 Å². The number of benzene rings is 1. The summed E-state index contributed by atoms with van der Waals surface area (Å²) in [5.41, 5.74) is 0.0127. The van der Waals surface area contributed by atoms with Crippen LogP contribution in [0.25, 0.3) is 0 Å². The molecule has 2 nitrogen and oxygen atoms in total. The Morgan fingerprint density at radius 2 is 2.26 bits per heavy atom. The lowest BCUT2D eigenvalue weighted by Crippen LogP contribution is -2.32. The lowest BCUT2D eigenvalue weighted by molar-refractivity contribution is 0.0940. The van der Waals surface area contributed by atoms with Crippen LogP contribution in [-0.4, -0.2) is 17.3 Å². The molecule has 104 valence electrons. The number of hydrogen-bond acceptors (Lipinski definition) is 1. The molecule has 1 N–H and O–H groups in total. The third-order valence-corrected chi connectivity index (χ3v) is 4.59. The van der Waals surface area contributed by atoms with Crippen LogP contribution >= 0.6 is 27.5 Å². The summed E-state index contributed by atoms with van der Waals surface area (Å²) in [4.78, 5) is 12.5. The van der Waals surface area contributed by atoms with Crippen LogP contribution < -0.4 is 5.32 Å². The molecule has 1 aromatic rings. The molecule has 0 aromatic heterocycles. The van der Waals surface area contributed by atoms with E-state index in [9.17, 15) is 9.18 Å². The SMILES string of the molecule is O=C(NCC1CCCC(Br)C1)c1cccc(Cl)c1F. The quantitative estimate of drug-likeness (QED) is 0.816. The van der Waals surface area contributed by atoms with Gasteiger partial charge in [-0.1, -0.05) is 40.0 Å². The Labute approximate surface area is 125 Å². The topological polar surface area (TPSA) is 29.1 Å². The summed E-state index contributed by atoms with van der Waals surface area (Å²) in [6, 6.07) is 4.46. The lowest BCUT2D eigenvalue weighted by Gasteiger charge is -2.25. The van der Waals surface area contributed by atoms with E-state index in [0.29, 0.717) is 17.3 Å². The fraction of sp³-hybridized carbons (Fsp3) is 0.500. The minimum absolute atomic E-state index is 0.0127. The van der Waals surface area contributed by atoms with Gasteiger partial charge < -0.3 is 5.32 Å². The summed E-state index contributed by atoms with van der Waals surface area (Å²) in [7, 11) is 0. The first-order valence-corrected chi connectivity index (χ1v) is 7.73. The van der Waals surface area contributed by atoms with E-state index < -0.39 is 11.7 Å². The van der Waals surface area contributed by atoms with Gasteiger partial charge in [0.05, 0.1) is 10.6 Å². The van der Waals surface area contributed by atoms with E-state index in [0.717, 1.165) is 12.8 Å². The highest BCUT2D eigenvalue weighted by Gasteiger charge is 2.21. The Hall–Kier alpha value is -0.610. The standard InChI is InChI=1S/C14H16BrClFNO/c15-10-4-1-3-9(7-10)8-18-14(19)11-5-2-6-12(16)13(11)17/h2,5-6,9-10H,1,3-4,7-8H2,(H,18,19). The first kappa shape index (κ1) is 14.8. The number of amides is 1. The van der Waals surface area contributed by atoms with Gasteiger partial charge in [0, 0.05) is 11.4 Å². The molecule has 2 rings (SSSR count). The molecular formula is C14H16BrClFNO. The van der Waals surface area contributed by atoms with Crippen molar-refractivity contribution >= 4 is 33.4 Å². The van der Waals surface area contributed by atoms with E-state index in [1.54, 1.807) is 6.07 Å². The molecule has 0 heterocycles. The van der Waals surface area contributed by atoms with Gasteiger partial charge >= 0.3 is 0 Å². The van der Waals surface area contributed by atoms with Crippen LogP contribution in [0, 0.1) is 11.7 Å². The summed E-state index contributed by atoms with van der Waals surface area (Å²) < 4.78 is 13.7. The van der Waals surface area contributed by atoms with Gasteiger partial charge in [-0.3, -0.25) is 4.79 Å². The van der Waals surface area contributed by atoms with Crippen molar-refractivity contribution in [1.29, 1.82) is 0 Å². The maximum absolute atomic E-state index is 13.7. The molecule has 0 bridgehead atoms. The van der Waals surface area contributed by atoms with Crippen molar-refractivity contribution in [1.82, 2.24) is 5.32 Å². The predicted molar refractivity (Wildman–Crippen MR) is 78.4 cm³/mol. The van der Waals surface area contributed by atoms with Crippen molar-refractivity contribution in [2.45, 2.75) is 30.5 Å². The second kappa shape index (κ2) is 6.71. The molecule has 1 aliphatic rings. The second-order valence-corrected chi connectivity index (χ2v) is 6.64. The zero-order valence-corrected chi connectivity index (χ0v) is 12.8. The van der Waals surface area contributed by atoms with Crippen molar-refractivity contribution in [3.05, 3.63) is 34.6 Å². The monoisotopic (exact) mass is 347 g/mol. The number of alkyl halides is 1. The van der Waals surface area contributed by atoms with Gasteiger partial charge in [-0.15, -0.1) is 0 Å². The van der Waals surface area contributed by atoms with Crippen molar-refractivity contribution in [2.24, 2.45) is 5.92 Å². The third-order valence-electron chi connectivity index (χ3n) is 3.47. The molecule has 5 heteroatoms. The van der Waals surface area contributed by atoms with Crippen LogP contribution in [0.3, 0.4) is 0 Å². The van der Waals surface area contributed by atoms with Crippen LogP contribution in [0.2, 0.25) is 5.02 Å². The van der Waals surface area contributed by atoms with Gasteiger partial charge in [0.15, 0.2) is 5.82 Å². The molecule has 1 fully saturated rings. The van der Waals surface area contributed by atoms with Gasteiger partial charge in [-0.2, -0.15) is 0 Å². The Morgan fingerprint density at radius 3 is 3.00 bits per heavy atom. The summed E-state index contributed by atoms with van der Waals surface area (Å²) in [5, 5.41) is 2.78. The average molecular weight is 349 g/mol. The fourth-order valence-corrected chi connectivity index (χ4v) is 3.45. The average Bonchev–Trinajstić information content (AvgIpc) is 2.39. The maximum Gasteiger partial charge on any atom is 0.254 e.